The molecule has 0 aromatic rings. The van der Waals surface area contributed by atoms with Crippen LogP contribution in [0.4, 0.5) is 0 Å². The van der Waals surface area contributed by atoms with Gasteiger partial charge in [-0.1, -0.05) is 26.8 Å². The highest BCUT2D eigenvalue weighted by atomic mass is 28.4. The third-order valence-corrected chi connectivity index (χ3v) is 9.07. The van der Waals surface area contributed by atoms with Crippen LogP contribution < -0.4 is 0 Å². The molecule has 0 spiro atoms. The van der Waals surface area contributed by atoms with E-state index < -0.39 is 20.5 Å². The van der Waals surface area contributed by atoms with E-state index in [2.05, 4.69) is 39.9 Å². The van der Waals surface area contributed by atoms with Gasteiger partial charge in [0.1, 0.15) is 0 Å². The van der Waals surface area contributed by atoms with Crippen molar-refractivity contribution in [2.45, 2.75) is 64.5 Å². The standard InChI is InChI=1S/C16H27NO3Si/c1-11-7-14(18)15(19)8-12(9-17)13(11)10-20-21(5,6)16(2,3)4/h7,14-15,18-19H,8,10H2,1-6H3/t14-,15-/m0/s1. The minimum Gasteiger partial charge on any atom is -0.413 e. The van der Waals surface area contributed by atoms with Crippen molar-refractivity contribution in [1.82, 2.24) is 0 Å². The average molecular weight is 309 g/mol. The molecule has 0 aromatic carbocycles. The van der Waals surface area contributed by atoms with Gasteiger partial charge < -0.3 is 14.6 Å². The van der Waals surface area contributed by atoms with E-state index in [1.54, 1.807) is 6.08 Å². The van der Waals surface area contributed by atoms with Gasteiger partial charge in [-0.2, -0.15) is 5.26 Å². The second-order valence-corrected chi connectivity index (χ2v) is 12.0. The number of rotatable bonds is 3. The predicted molar refractivity (Wildman–Crippen MR) is 86.2 cm³/mol. The van der Waals surface area contributed by atoms with Crippen molar-refractivity contribution in [3.05, 3.63) is 22.8 Å². The van der Waals surface area contributed by atoms with E-state index in [4.69, 9.17) is 4.43 Å². The Bertz CT molecular complexity index is 495. The number of nitrogens with zero attached hydrogens (tertiary/aromatic N) is 1. The van der Waals surface area contributed by atoms with Crippen LogP contribution in [-0.2, 0) is 4.43 Å². The van der Waals surface area contributed by atoms with Crippen LogP contribution in [0.1, 0.15) is 34.1 Å². The third kappa shape index (κ3) is 4.27. The molecule has 1 rings (SSSR count). The maximum Gasteiger partial charge on any atom is 0.192 e. The van der Waals surface area contributed by atoms with Gasteiger partial charge >= 0.3 is 0 Å². The number of aliphatic hydroxyl groups excluding tert-OH is 2. The summed E-state index contributed by atoms with van der Waals surface area (Å²) in [5.74, 6) is 0. The maximum atomic E-state index is 9.84. The van der Waals surface area contributed by atoms with E-state index in [1.807, 2.05) is 6.92 Å². The predicted octanol–water partition coefficient (Wildman–Crippen LogP) is 2.90. The second kappa shape index (κ2) is 6.45. The molecular weight excluding hydrogens is 282 g/mol. The highest BCUT2D eigenvalue weighted by Crippen LogP contribution is 2.37. The molecule has 0 saturated carbocycles. The van der Waals surface area contributed by atoms with Crippen LogP contribution in [0.5, 0.6) is 0 Å². The molecule has 4 nitrogen and oxygen atoms in total. The monoisotopic (exact) mass is 309 g/mol. The van der Waals surface area contributed by atoms with E-state index in [0.29, 0.717) is 12.2 Å². The Morgan fingerprint density at radius 3 is 2.43 bits per heavy atom. The van der Waals surface area contributed by atoms with Crippen molar-refractivity contribution in [2.75, 3.05) is 6.61 Å². The van der Waals surface area contributed by atoms with Crippen molar-refractivity contribution in [1.29, 1.82) is 5.26 Å². The molecule has 0 amide bonds. The smallest absolute Gasteiger partial charge is 0.192 e. The number of hydrogen-bond donors (Lipinski definition) is 2. The first-order chi connectivity index (χ1) is 9.49. The van der Waals surface area contributed by atoms with Crippen LogP contribution in [0.15, 0.2) is 22.8 Å². The van der Waals surface area contributed by atoms with E-state index >= 15 is 0 Å². The zero-order valence-corrected chi connectivity index (χ0v) is 14.9. The van der Waals surface area contributed by atoms with Crippen molar-refractivity contribution in [3.8, 4) is 6.07 Å². The largest absolute Gasteiger partial charge is 0.413 e. The SMILES string of the molecule is CC1=C[C@H](O)[C@@H](O)CC(C#N)=C1CO[Si](C)(C)C(C)(C)C. The van der Waals surface area contributed by atoms with Crippen molar-refractivity contribution in [2.24, 2.45) is 0 Å². The summed E-state index contributed by atoms with van der Waals surface area (Å²) >= 11 is 0. The molecule has 0 aliphatic heterocycles. The third-order valence-electron chi connectivity index (χ3n) is 4.59. The molecular formula is C16H27NO3Si. The minimum atomic E-state index is -1.91. The van der Waals surface area contributed by atoms with Crippen LogP contribution in [0.2, 0.25) is 18.1 Å². The fraction of sp³-hybridized carbons (Fsp3) is 0.688. The van der Waals surface area contributed by atoms with Crippen LogP contribution in [0.25, 0.3) is 0 Å². The average Bonchev–Trinajstić information content (AvgIpc) is 2.44. The van der Waals surface area contributed by atoms with Gasteiger partial charge in [0.15, 0.2) is 8.32 Å². The molecule has 0 unspecified atom stereocenters. The molecule has 0 bridgehead atoms. The summed E-state index contributed by atoms with van der Waals surface area (Å²) in [6.07, 6.45) is -0.0835. The van der Waals surface area contributed by atoms with Gasteiger partial charge in [-0.25, -0.2) is 0 Å². The summed E-state index contributed by atoms with van der Waals surface area (Å²) in [7, 11) is -1.91. The van der Waals surface area contributed by atoms with Gasteiger partial charge in [0.25, 0.3) is 0 Å². The van der Waals surface area contributed by atoms with Crippen LogP contribution >= 0.6 is 0 Å². The maximum absolute atomic E-state index is 9.84. The van der Waals surface area contributed by atoms with Gasteiger partial charge in [0.05, 0.1) is 24.9 Å². The summed E-state index contributed by atoms with van der Waals surface area (Å²) in [5, 5.41) is 29.1. The summed E-state index contributed by atoms with van der Waals surface area (Å²) in [6, 6.07) is 2.15. The lowest BCUT2D eigenvalue weighted by molar-refractivity contribution is 0.0505. The Hall–Kier alpha value is -0.933. The molecule has 0 radical (unpaired) electrons. The molecule has 5 heteroatoms. The quantitative estimate of drug-likeness (QED) is 0.786. The Morgan fingerprint density at radius 1 is 1.38 bits per heavy atom. The topological polar surface area (TPSA) is 73.5 Å². The fourth-order valence-electron chi connectivity index (χ4n) is 1.94. The normalized spacial score (nSPS) is 24.4. The molecule has 0 aromatic heterocycles. The Labute approximate surface area is 128 Å². The summed E-state index contributed by atoms with van der Waals surface area (Å²) in [6.45, 7) is 13.1. The lowest BCUT2D eigenvalue weighted by Gasteiger charge is -2.36. The Morgan fingerprint density at radius 2 is 1.95 bits per heavy atom. The first-order valence-electron chi connectivity index (χ1n) is 7.30. The Kier molecular flexibility index (Phi) is 5.56. The first-order valence-corrected chi connectivity index (χ1v) is 10.2. The van der Waals surface area contributed by atoms with Gasteiger partial charge in [0.2, 0.25) is 0 Å². The van der Waals surface area contributed by atoms with Crippen LogP contribution in [-0.4, -0.2) is 37.3 Å². The molecule has 118 valence electrons. The molecule has 0 heterocycles. The highest BCUT2D eigenvalue weighted by Gasteiger charge is 2.37. The number of nitriles is 1. The van der Waals surface area contributed by atoms with Gasteiger partial charge in [-0.05, 0) is 36.2 Å². The summed E-state index contributed by atoms with van der Waals surface area (Å²) in [5.41, 5.74) is 2.12. The van der Waals surface area contributed by atoms with E-state index in [-0.39, 0.29) is 11.5 Å². The van der Waals surface area contributed by atoms with E-state index in [0.717, 1.165) is 11.1 Å². The van der Waals surface area contributed by atoms with Crippen molar-refractivity contribution < 1.29 is 14.6 Å². The molecule has 2 atom stereocenters. The van der Waals surface area contributed by atoms with Gasteiger partial charge in [-0.3, -0.25) is 0 Å². The van der Waals surface area contributed by atoms with Crippen LogP contribution in [0.3, 0.4) is 0 Å². The van der Waals surface area contributed by atoms with E-state index in [1.165, 1.54) is 0 Å². The summed E-state index contributed by atoms with van der Waals surface area (Å²) in [4.78, 5) is 0. The lowest BCUT2D eigenvalue weighted by atomic mass is 10.0. The molecule has 1 aliphatic carbocycles. The highest BCUT2D eigenvalue weighted by molar-refractivity contribution is 6.74. The lowest BCUT2D eigenvalue weighted by Crippen LogP contribution is -2.41. The van der Waals surface area contributed by atoms with Gasteiger partial charge in [-0.15, -0.1) is 0 Å². The molecule has 2 N–H and O–H groups in total. The number of hydrogen-bond acceptors (Lipinski definition) is 4. The van der Waals surface area contributed by atoms with Crippen molar-refractivity contribution >= 4 is 8.32 Å². The minimum absolute atomic E-state index is 0.0990. The Balaban J connectivity index is 3.03. The zero-order chi connectivity index (χ0) is 16.4. The molecule has 0 saturated heterocycles. The first kappa shape index (κ1) is 18.1. The molecule has 0 fully saturated rings. The zero-order valence-electron chi connectivity index (χ0n) is 13.9. The molecule has 21 heavy (non-hydrogen) atoms. The summed E-state index contributed by atoms with van der Waals surface area (Å²) < 4.78 is 6.19. The fourth-order valence-corrected chi connectivity index (χ4v) is 2.88. The van der Waals surface area contributed by atoms with Gasteiger partial charge in [0, 0.05) is 12.0 Å². The van der Waals surface area contributed by atoms with Crippen LogP contribution in [0, 0.1) is 11.3 Å². The number of aliphatic hydroxyl groups is 2. The molecule has 1 aliphatic rings. The second-order valence-electron chi connectivity index (χ2n) is 7.23. The van der Waals surface area contributed by atoms with Crippen molar-refractivity contribution in [3.63, 3.8) is 0 Å². The van der Waals surface area contributed by atoms with E-state index in [9.17, 15) is 15.5 Å².